The number of hydrogen-bond donors (Lipinski definition) is 2. The van der Waals surface area contributed by atoms with Gasteiger partial charge in [0.15, 0.2) is 0 Å². The number of nitrogens with zero attached hydrogens (tertiary/aromatic N) is 2. The summed E-state index contributed by atoms with van der Waals surface area (Å²) >= 11 is 0. The lowest BCUT2D eigenvalue weighted by Gasteiger charge is -2.30. The molecule has 0 saturated carbocycles. The van der Waals surface area contributed by atoms with Crippen molar-refractivity contribution in [3.05, 3.63) is 23.8 Å². The molecule has 0 saturated heterocycles. The number of nitrogens with one attached hydrogen (secondary N) is 1. The highest BCUT2D eigenvalue weighted by Crippen LogP contribution is 2.30. The van der Waals surface area contributed by atoms with E-state index in [0.717, 1.165) is 5.69 Å². The molecule has 0 aromatic heterocycles. The van der Waals surface area contributed by atoms with Crippen LogP contribution in [0.5, 0.6) is 0 Å². The number of benzene rings is 1. The number of rotatable bonds is 3. The number of aliphatic hydroxyl groups is 1. The Balaban J connectivity index is 2.35. The first-order chi connectivity index (χ1) is 8.26. The van der Waals surface area contributed by atoms with Gasteiger partial charge >= 0.3 is 0 Å². The highest BCUT2D eigenvalue weighted by atomic mass is 16.3. The van der Waals surface area contributed by atoms with Gasteiger partial charge in [-0.25, -0.2) is 0 Å². The van der Waals surface area contributed by atoms with Gasteiger partial charge in [-0.15, -0.1) is 0 Å². The molecule has 0 unspecified atom stereocenters. The van der Waals surface area contributed by atoms with Gasteiger partial charge in [-0.1, -0.05) is 0 Å². The molecular formula is C12H13N3O2. The fraction of sp³-hybridized carbons (Fsp3) is 0.333. The summed E-state index contributed by atoms with van der Waals surface area (Å²) in [5.74, 6) is -0.0407. The second-order valence-corrected chi connectivity index (χ2v) is 3.82. The van der Waals surface area contributed by atoms with E-state index in [1.54, 1.807) is 23.1 Å². The third-order valence-electron chi connectivity index (χ3n) is 2.69. The number of fused-ring (bicyclic) bond motifs is 1. The van der Waals surface area contributed by atoms with Gasteiger partial charge < -0.3 is 15.3 Å². The van der Waals surface area contributed by atoms with E-state index in [0.29, 0.717) is 24.2 Å². The van der Waals surface area contributed by atoms with E-state index in [1.165, 1.54) is 0 Å². The maximum absolute atomic E-state index is 11.8. The molecule has 5 nitrogen and oxygen atoms in total. The van der Waals surface area contributed by atoms with Crippen LogP contribution in [0.1, 0.15) is 12.0 Å². The van der Waals surface area contributed by atoms with Crippen molar-refractivity contribution in [3.8, 4) is 6.07 Å². The van der Waals surface area contributed by atoms with Crippen LogP contribution in [0.4, 0.5) is 11.4 Å². The van der Waals surface area contributed by atoms with Crippen molar-refractivity contribution >= 4 is 17.3 Å². The molecule has 0 bridgehead atoms. The fourth-order valence-corrected chi connectivity index (χ4v) is 1.85. The monoisotopic (exact) mass is 231 g/mol. The van der Waals surface area contributed by atoms with Crippen molar-refractivity contribution in [2.45, 2.75) is 6.42 Å². The highest BCUT2D eigenvalue weighted by molar-refractivity contribution is 6.02. The van der Waals surface area contributed by atoms with E-state index in [9.17, 15) is 4.79 Å². The average molecular weight is 231 g/mol. The Morgan fingerprint density at radius 1 is 1.53 bits per heavy atom. The van der Waals surface area contributed by atoms with Crippen molar-refractivity contribution in [1.82, 2.24) is 0 Å². The number of anilines is 2. The predicted molar refractivity (Wildman–Crippen MR) is 63.7 cm³/mol. The standard InChI is InChI=1S/C12H13N3O2/c13-7-9-2-3-10-11(6-9)15(4-1-5-16)12(17)8-14-10/h2-3,6,14,16H,1,4-5,8H2. The number of hydrogen-bond acceptors (Lipinski definition) is 4. The molecule has 1 amide bonds. The Morgan fingerprint density at radius 3 is 3.06 bits per heavy atom. The minimum atomic E-state index is -0.0407. The van der Waals surface area contributed by atoms with Gasteiger partial charge in [0.25, 0.3) is 0 Å². The topological polar surface area (TPSA) is 76.4 Å². The minimum absolute atomic E-state index is 0.0407. The zero-order valence-corrected chi connectivity index (χ0v) is 9.31. The lowest BCUT2D eigenvalue weighted by molar-refractivity contribution is -0.117. The van der Waals surface area contributed by atoms with Crippen LogP contribution in [0.3, 0.4) is 0 Å². The van der Waals surface area contributed by atoms with Gasteiger partial charge in [0.1, 0.15) is 0 Å². The Kier molecular flexibility index (Phi) is 3.26. The van der Waals surface area contributed by atoms with E-state index in [4.69, 9.17) is 10.4 Å². The molecule has 5 heteroatoms. The smallest absolute Gasteiger partial charge is 0.246 e. The van der Waals surface area contributed by atoms with Crippen LogP contribution >= 0.6 is 0 Å². The molecule has 0 radical (unpaired) electrons. The SMILES string of the molecule is N#Cc1ccc2c(c1)N(CCCO)C(=O)CN2. The Morgan fingerprint density at radius 2 is 2.35 bits per heavy atom. The van der Waals surface area contributed by atoms with Gasteiger partial charge in [0, 0.05) is 13.2 Å². The van der Waals surface area contributed by atoms with E-state index in [2.05, 4.69) is 11.4 Å². The van der Waals surface area contributed by atoms with Gasteiger partial charge in [-0.05, 0) is 24.6 Å². The first kappa shape index (κ1) is 11.4. The number of nitriles is 1. The summed E-state index contributed by atoms with van der Waals surface area (Å²) in [6.45, 7) is 0.772. The number of carbonyl (C=O) groups excluding carboxylic acids is 1. The van der Waals surface area contributed by atoms with Gasteiger partial charge in [0.2, 0.25) is 5.91 Å². The Hall–Kier alpha value is -2.06. The summed E-state index contributed by atoms with van der Waals surface area (Å²) in [5.41, 5.74) is 2.09. The third-order valence-corrected chi connectivity index (χ3v) is 2.69. The van der Waals surface area contributed by atoms with Crippen LogP contribution in [0, 0.1) is 11.3 Å². The van der Waals surface area contributed by atoms with E-state index >= 15 is 0 Å². The van der Waals surface area contributed by atoms with E-state index in [-0.39, 0.29) is 19.1 Å². The van der Waals surface area contributed by atoms with Gasteiger partial charge in [-0.3, -0.25) is 4.79 Å². The molecule has 0 fully saturated rings. The van der Waals surface area contributed by atoms with Crippen molar-refractivity contribution in [1.29, 1.82) is 5.26 Å². The molecular weight excluding hydrogens is 218 g/mol. The normalized spacial score (nSPS) is 13.9. The minimum Gasteiger partial charge on any atom is -0.396 e. The number of amides is 1. The van der Waals surface area contributed by atoms with E-state index < -0.39 is 0 Å². The van der Waals surface area contributed by atoms with Gasteiger partial charge in [0.05, 0.1) is 29.6 Å². The molecule has 0 aliphatic carbocycles. The molecule has 0 atom stereocenters. The van der Waals surface area contributed by atoms with Crippen LogP contribution in [-0.4, -0.2) is 30.7 Å². The van der Waals surface area contributed by atoms with E-state index in [1.807, 2.05) is 0 Å². The van der Waals surface area contributed by atoms with Crippen molar-refractivity contribution in [2.24, 2.45) is 0 Å². The lowest BCUT2D eigenvalue weighted by atomic mass is 10.1. The summed E-state index contributed by atoms with van der Waals surface area (Å²) in [5, 5.41) is 20.7. The average Bonchev–Trinajstić information content (AvgIpc) is 2.37. The first-order valence-corrected chi connectivity index (χ1v) is 5.45. The van der Waals surface area contributed by atoms with Gasteiger partial charge in [-0.2, -0.15) is 5.26 Å². The van der Waals surface area contributed by atoms with Crippen LogP contribution < -0.4 is 10.2 Å². The molecule has 1 heterocycles. The van der Waals surface area contributed by atoms with Crippen molar-refractivity contribution in [2.75, 3.05) is 29.9 Å². The third kappa shape index (κ3) is 2.22. The Bertz CT molecular complexity index is 479. The van der Waals surface area contributed by atoms with Crippen LogP contribution in [-0.2, 0) is 4.79 Å². The summed E-state index contributed by atoms with van der Waals surface area (Å²) in [7, 11) is 0. The second kappa shape index (κ2) is 4.85. The van der Waals surface area contributed by atoms with Crippen LogP contribution in [0.15, 0.2) is 18.2 Å². The number of carbonyl (C=O) groups is 1. The number of aliphatic hydroxyl groups excluding tert-OH is 1. The Labute approximate surface area is 99.3 Å². The van der Waals surface area contributed by atoms with Crippen molar-refractivity contribution in [3.63, 3.8) is 0 Å². The molecule has 2 rings (SSSR count). The fourth-order valence-electron chi connectivity index (χ4n) is 1.85. The summed E-state index contributed by atoms with van der Waals surface area (Å²) in [6, 6.07) is 7.26. The zero-order valence-electron chi connectivity index (χ0n) is 9.31. The summed E-state index contributed by atoms with van der Waals surface area (Å²) in [4.78, 5) is 13.4. The molecule has 1 aromatic carbocycles. The largest absolute Gasteiger partial charge is 0.396 e. The summed E-state index contributed by atoms with van der Waals surface area (Å²) in [6.07, 6.45) is 0.530. The zero-order chi connectivity index (χ0) is 12.3. The molecule has 88 valence electrons. The first-order valence-electron chi connectivity index (χ1n) is 5.45. The second-order valence-electron chi connectivity index (χ2n) is 3.82. The quantitative estimate of drug-likeness (QED) is 0.802. The predicted octanol–water partition coefficient (Wildman–Crippen LogP) is 0.699. The maximum Gasteiger partial charge on any atom is 0.246 e. The van der Waals surface area contributed by atoms with Crippen molar-refractivity contribution < 1.29 is 9.90 Å². The molecule has 0 spiro atoms. The molecule has 17 heavy (non-hydrogen) atoms. The van der Waals surface area contributed by atoms with Crippen LogP contribution in [0.25, 0.3) is 0 Å². The molecule has 2 N–H and O–H groups in total. The molecule has 1 aliphatic rings. The lowest BCUT2D eigenvalue weighted by Crippen LogP contribution is -2.40. The highest BCUT2D eigenvalue weighted by Gasteiger charge is 2.23. The van der Waals surface area contributed by atoms with Crippen LogP contribution in [0.2, 0.25) is 0 Å². The summed E-state index contributed by atoms with van der Waals surface area (Å²) < 4.78 is 0. The maximum atomic E-state index is 11.8. The molecule has 1 aliphatic heterocycles. The molecule has 1 aromatic rings.